The van der Waals surface area contributed by atoms with Gasteiger partial charge in [0, 0.05) is 5.92 Å². The number of aliphatic imine (C=N–C) groups is 1. The average molecular weight is 212 g/mol. The Bertz CT molecular complexity index is 289. The molecule has 0 aromatic heterocycles. The summed E-state index contributed by atoms with van der Waals surface area (Å²) in [5.74, 6) is -0.792. The van der Waals surface area contributed by atoms with E-state index in [0.29, 0.717) is 0 Å². The largest absolute Gasteiger partial charge is 0.461 e. The average Bonchev–Trinajstić information content (AvgIpc) is 2.20. The smallest absolute Gasteiger partial charge is 0.348 e. The molecule has 0 aromatic rings. The van der Waals surface area contributed by atoms with Gasteiger partial charge < -0.3 is 9.47 Å². The number of nitriles is 1. The zero-order chi connectivity index (χ0) is 11.7. The minimum absolute atomic E-state index is 0.0217. The number of hydrogen-bond acceptors (Lipinski definition) is 6. The molecule has 0 aromatic carbocycles. The van der Waals surface area contributed by atoms with Crippen LogP contribution in [-0.2, 0) is 19.1 Å². The number of carbonyl (C=O) groups excluding carboxylic acids is 2. The second-order valence-corrected chi connectivity index (χ2v) is 3.01. The van der Waals surface area contributed by atoms with Gasteiger partial charge in [-0.1, -0.05) is 13.8 Å². The highest BCUT2D eigenvalue weighted by Gasteiger charge is 2.25. The number of rotatable bonds is 6. The predicted octanol–water partition coefficient (Wildman–Crippen LogP) is 0.388. The maximum atomic E-state index is 11.3. The van der Waals surface area contributed by atoms with E-state index in [2.05, 4.69) is 9.73 Å². The predicted molar refractivity (Wildman–Crippen MR) is 49.3 cm³/mol. The molecule has 0 radical (unpaired) electrons. The van der Waals surface area contributed by atoms with Crippen LogP contribution >= 0.6 is 0 Å². The maximum absolute atomic E-state index is 11.3. The van der Waals surface area contributed by atoms with Gasteiger partial charge in [0.05, 0.1) is 6.54 Å². The molecule has 0 aliphatic rings. The zero-order valence-corrected chi connectivity index (χ0v) is 8.60. The van der Waals surface area contributed by atoms with Crippen LogP contribution in [0.15, 0.2) is 4.99 Å². The maximum Gasteiger partial charge on any atom is 0.348 e. The van der Waals surface area contributed by atoms with Crippen molar-refractivity contribution in [3.63, 3.8) is 0 Å². The van der Waals surface area contributed by atoms with Gasteiger partial charge in [-0.3, -0.25) is 0 Å². The highest BCUT2D eigenvalue weighted by atomic mass is 16.6. The summed E-state index contributed by atoms with van der Waals surface area (Å²) in [4.78, 5) is 24.2. The van der Waals surface area contributed by atoms with Crippen molar-refractivity contribution in [2.24, 2.45) is 10.9 Å². The van der Waals surface area contributed by atoms with Crippen molar-refractivity contribution in [2.75, 3.05) is 13.2 Å². The summed E-state index contributed by atoms with van der Waals surface area (Å²) in [5.41, 5.74) is 0. The van der Waals surface area contributed by atoms with Crippen LogP contribution in [0.2, 0.25) is 0 Å². The lowest BCUT2D eigenvalue weighted by Crippen LogP contribution is -2.30. The molecule has 0 heterocycles. The summed E-state index contributed by atoms with van der Waals surface area (Å²) in [7, 11) is 0. The van der Waals surface area contributed by atoms with Gasteiger partial charge in [0.15, 0.2) is 0 Å². The quantitative estimate of drug-likeness (QED) is 0.209. The third kappa shape index (κ3) is 5.45. The van der Waals surface area contributed by atoms with Gasteiger partial charge in [0.2, 0.25) is 12.2 Å². The Kier molecular flexibility index (Phi) is 6.60. The molecule has 0 amide bonds. The minimum atomic E-state index is -0.907. The molecule has 82 valence electrons. The van der Waals surface area contributed by atoms with E-state index >= 15 is 0 Å². The van der Waals surface area contributed by atoms with E-state index < -0.39 is 12.1 Å². The van der Waals surface area contributed by atoms with Gasteiger partial charge in [-0.25, -0.2) is 14.6 Å². The van der Waals surface area contributed by atoms with Crippen molar-refractivity contribution < 1.29 is 19.1 Å². The summed E-state index contributed by atoms with van der Waals surface area (Å²) in [6.45, 7) is 3.50. The van der Waals surface area contributed by atoms with E-state index in [-0.39, 0.29) is 19.1 Å². The standard InChI is InChI=1S/C9H12N2O4/c1-7(2)8(15-5-10)9(13)14-4-3-11-6-12/h7-8H,3-4H2,1-2H3. The molecule has 0 saturated heterocycles. The Morgan fingerprint density at radius 1 is 1.53 bits per heavy atom. The second kappa shape index (κ2) is 7.54. The van der Waals surface area contributed by atoms with Crippen molar-refractivity contribution >= 4 is 12.0 Å². The molecule has 6 nitrogen and oxygen atoms in total. The number of nitrogens with zero attached hydrogens (tertiary/aromatic N) is 2. The van der Waals surface area contributed by atoms with Crippen LogP contribution in [0.1, 0.15) is 13.8 Å². The number of carbonyl (C=O) groups is 1. The Hall–Kier alpha value is -1.86. The van der Waals surface area contributed by atoms with Gasteiger partial charge in [-0.2, -0.15) is 5.26 Å². The van der Waals surface area contributed by atoms with Gasteiger partial charge in [0.25, 0.3) is 6.26 Å². The van der Waals surface area contributed by atoms with Crippen LogP contribution in [0.5, 0.6) is 0 Å². The van der Waals surface area contributed by atoms with E-state index in [0.717, 1.165) is 0 Å². The summed E-state index contributed by atoms with van der Waals surface area (Å²) in [5, 5.41) is 8.29. The topological polar surface area (TPSA) is 88.8 Å². The first kappa shape index (κ1) is 13.1. The lowest BCUT2D eigenvalue weighted by molar-refractivity contribution is -0.155. The molecule has 0 aliphatic carbocycles. The molecule has 0 aliphatic heterocycles. The van der Waals surface area contributed by atoms with E-state index in [4.69, 9.17) is 10.00 Å². The number of ether oxygens (including phenoxy) is 2. The zero-order valence-electron chi connectivity index (χ0n) is 8.60. The summed E-state index contributed by atoms with van der Waals surface area (Å²) < 4.78 is 9.28. The molecular formula is C9H12N2O4. The third-order valence-electron chi connectivity index (χ3n) is 1.53. The minimum Gasteiger partial charge on any atom is -0.461 e. The van der Waals surface area contributed by atoms with Crippen molar-refractivity contribution in [2.45, 2.75) is 20.0 Å². The van der Waals surface area contributed by atoms with Crippen molar-refractivity contribution in [1.82, 2.24) is 0 Å². The number of isocyanates is 1. The fourth-order valence-corrected chi connectivity index (χ4v) is 0.833. The SMILES string of the molecule is CC(C)C(OC#N)C(=O)OCCN=C=O. The highest BCUT2D eigenvalue weighted by molar-refractivity contribution is 5.75. The third-order valence-corrected chi connectivity index (χ3v) is 1.53. The molecule has 0 rings (SSSR count). The van der Waals surface area contributed by atoms with Crippen LogP contribution in [0, 0.1) is 17.4 Å². The van der Waals surface area contributed by atoms with E-state index in [9.17, 15) is 9.59 Å². The van der Waals surface area contributed by atoms with Crippen LogP contribution in [0.4, 0.5) is 0 Å². The molecule has 15 heavy (non-hydrogen) atoms. The first-order chi connectivity index (χ1) is 7.13. The normalized spacial score (nSPS) is 11.1. The molecule has 6 heteroatoms. The molecule has 0 saturated carbocycles. The van der Waals surface area contributed by atoms with Gasteiger partial charge in [-0.15, -0.1) is 0 Å². The van der Waals surface area contributed by atoms with Gasteiger partial charge in [0.1, 0.15) is 6.61 Å². The van der Waals surface area contributed by atoms with E-state index in [1.807, 2.05) is 0 Å². The van der Waals surface area contributed by atoms with Crippen LogP contribution < -0.4 is 0 Å². The fraction of sp³-hybridized carbons (Fsp3) is 0.667. The Morgan fingerprint density at radius 2 is 2.20 bits per heavy atom. The molecule has 1 unspecified atom stereocenters. The van der Waals surface area contributed by atoms with Crippen LogP contribution in [0.3, 0.4) is 0 Å². The second-order valence-electron chi connectivity index (χ2n) is 3.01. The number of esters is 1. The Labute approximate surface area is 87.5 Å². The molecule has 0 N–H and O–H groups in total. The first-order valence-electron chi connectivity index (χ1n) is 4.38. The number of hydrogen-bond donors (Lipinski definition) is 0. The summed E-state index contributed by atoms with van der Waals surface area (Å²) in [6.07, 6.45) is 1.86. The van der Waals surface area contributed by atoms with Crippen molar-refractivity contribution in [3.05, 3.63) is 0 Å². The van der Waals surface area contributed by atoms with Crippen LogP contribution in [-0.4, -0.2) is 31.3 Å². The van der Waals surface area contributed by atoms with Gasteiger partial charge in [-0.05, 0) is 0 Å². The van der Waals surface area contributed by atoms with Gasteiger partial charge >= 0.3 is 5.97 Å². The van der Waals surface area contributed by atoms with E-state index in [1.165, 1.54) is 12.3 Å². The molecule has 0 fully saturated rings. The summed E-state index contributed by atoms with van der Waals surface area (Å²) in [6, 6.07) is 0. The molecule has 1 atom stereocenters. The fourth-order valence-electron chi connectivity index (χ4n) is 0.833. The highest BCUT2D eigenvalue weighted by Crippen LogP contribution is 2.07. The molecule has 0 spiro atoms. The lowest BCUT2D eigenvalue weighted by atomic mass is 10.1. The van der Waals surface area contributed by atoms with Crippen molar-refractivity contribution in [1.29, 1.82) is 5.26 Å². The molecule has 0 bridgehead atoms. The summed E-state index contributed by atoms with van der Waals surface area (Å²) >= 11 is 0. The van der Waals surface area contributed by atoms with Crippen molar-refractivity contribution in [3.8, 4) is 6.26 Å². The van der Waals surface area contributed by atoms with Crippen LogP contribution in [0.25, 0.3) is 0 Å². The first-order valence-corrected chi connectivity index (χ1v) is 4.38. The van der Waals surface area contributed by atoms with E-state index in [1.54, 1.807) is 13.8 Å². The lowest BCUT2D eigenvalue weighted by Gasteiger charge is -2.15. The molecular weight excluding hydrogens is 200 g/mol. The Morgan fingerprint density at radius 3 is 2.67 bits per heavy atom. The Balaban J connectivity index is 4.04. The monoisotopic (exact) mass is 212 g/mol.